The number of hydrogen-bond donors (Lipinski definition) is 2. The standard InChI is InChI=1S/C16H14BrN3O/c1-11-8-13(17)6-7-14(11)19-10-16(21)20-15-5-3-2-4-12(15)9-18/h2-8,19H,10H2,1H3,(H,20,21). The SMILES string of the molecule is Cc1cc(Br)ccc1NCC(=O)Nc1ccccc1C#N. The second-order valence-corrected chi connectivity index (χ2v) is 5.43. The summed E-state index contributed by atoms with van der Waals surface area (Å²) in [5.41, 5.74) is 2.93. The molecule has 4 nitrogen and oxygen atoms in total. The number of carbonyl (C=O) groups is 1. The van der Waals surface area contributed by atoms with Crippen LogP contribution in [0.4, 0.5) is 11.4 Å². The predicted molar refractivity (Wildman–Crippen MR) is 87.2 cm³/mol. The third kappa shape index (κ3) is 4.07. The van der Waals surface area contributed by atoms with Crippen LogP contribution in [0.3, 0.4) is 0 Å². The molecular weight excluding hydrogens is 330 g/mol. The van der Waals surface area contributed by atoms with Gasteiger partial charge in [-0.2, -0.15) is 5.26 Å². The molecule has 0 aromatic heterocycles. The van der Waals surface area contributed by atoms with Crippen molar-refractivity contribution in [2.24, 2.45) is 0 Å². The lowest BCUT2D eigenvalue weighted by Crippen LogP contribution is -2.22. The molecular formula is C16H14BrN3O. The Labute approximate surface area is 131 Å². The molecule has 0 atom stereocenters. The lowest BCUT2D eigenvalue weighted by molar-refractivity contribution is -0.114. The van der Waals surface area contributed by atoms with Gasteiger partial charge in [-0.05, 0) is 42.8 Å². The van der Waals surface area contributed by atoms with Crippen molar-refractivity contribution in [1.82, 2.24) is 0 Å². The van der Waals surface area contributed by atoms with Crippen LogP contribution in [0.1, 0.15) is 11.1 Å². The van der Waals surface area contributed by atoms with Crippen LogP contribution >= 0.6 is 15.9 Å². The molecule has 2 N–H and O–H groups in total. The Bertz CT molecular complexity index is 707. The first-order chi connectivity index (χ1) is 10.1. The van der Waals surface area contributed by atoms with Gasteiger partial charge >= 0.3 is 0 Å². The first-order valence-corrected chi connectivity index (χ1v) is 7.18. The lowest BCUT2D eigenvalue weighted by Gasteiger charge is -2.11. The molecule has 106 valence electrons. The minimum atomic E-state index is -0.194. The summed E-state index contributed by atoms with van der Waals surface area (Å²) in [6, 6.07) is 14.8. The minimum Gasteiger partial charge on any atom is -0.376 e. The number of anilines is 2. The zero-order valence-corrected chi connectivity index (χ0v) is 13.1. The smallest absolute Gasteiger partial charge is 0.243 e. The molecule has 1 amide bonds. The van der Waals surface area contributed by atoms with Gasteiger partial charge in [0.25, 0.3) is 0 Å². The Hall–Kier alpha value is -2.32. The van der Waals surface area contributed by atoms with E-state index in [0.717, 1.165) is 15.7 Å². The number of benzene rings is 2. The van der Waals surface area contributed by atoms with Gasteiger partial charge in [0.05, 0.1) is 17.8 Å². The number of aryl methyl sites for hydroxylation is 1. The Kier molecular flexibility index (Phi) is 4.96. The molecule has 0 aliphatic heterocycles. The van der Waals surface area contributed by atoms with Crippen molar-refractivity contribution in [2.75, 3.05) is 17.2 Å². The Morgan fingerprint density at radius 2 is 2.00 bits per heavy atom. The molecule has 0 saturated heterocycles. The van der Waals surface area contributed by atoms with E-state index in [1.807, 2.05) is 31.2 Å². The third-order valence-corrected chi connectivity index (χ3v) is 3.44. The average Bonchev–Trinajstić information content (AvgIpc) is 2.47. The maximum atomic E-state index is 11.9. The highest BCUT2D eigenvalue weighted by molar-refractivity contribution is 9.10. The van der Waals surface area contributed by atoms with Crippen molar-refractivity contribution in [1.29, 1.82) is 5.26 Å². The number of nitrogens with zero attached hydrogens (tertiary/aromatic N) is 1. The monoisotopic (exact) mass is 343 g/mol. The minimum absolute atomic E-state index is 0.141. The van der Waals surface area contributed by atoms with Gasteiger partial charge in [-0.25, -0.2) is 0 Å². The zero-order valence-electron chi connectivity index (χ0n) is 11.5. The van der Waals surface area contributed by atoms with E-state index in [4.69, 9.17) is 5.26 Å². The van der Waals surface area contributed by atoms with Gasteiger partial charge < -0.3 is 10.6 Å². The number of rotatable bonds is 4. The molecule has 0 radical (unpaired) electrons. The van der Waals surface area contributed by atoms with Crippen LogP contribution in [0.15, 0.2) is 46.9 Å². The molecule has 0 bridgehead atoms. The van der Waals surface area contributed by atoms with Gasteiger partial charge in [0.2, 0.25) is 5.91 Å². The van der Waals surface area contributed by atoms with Crippen LogP contribution in [0.5, 0.6) is 0 Å². The van der Waals surface area contributed by atoms with Gasteiger partial charge in [0.1, 0.15) is 6.07 Å². The predicted octanol–water partition coefficient (Wildman–Crippen LogP) is 3.68. The molecule has 0 fully saturated rings. The largest absolute Gasteiger partial charge is 0.376 e. The van der Waals surface area contributed by atoms with Gasteiger partial charge in [-0.15, -0.1) is 0 Å². The number of hydrogen-bond acceptors (Lipinski definition) is 3. The van der Waals surface area contributed by atoms with Crippen LogP contribution in [-0.2, 0) is 4.79 Å². The molecule has 2 aromatic carbocycles. The van der Waals surface area contributed by atoms with Crippen LogP contribution in [0.2, 0.25) is 0 Å². The Balaban J connectivity index is 1.98. The van der Waals surface area contributed by atoms with Crippen LogP contribution in [0.25, 0.3) is 0 Å². The van der Waals surface area contributed by atoms with Crippen molar-refractivity contribution in [2.45, 2.75) is 6.92 Å². The first-order valence-electron chi connectivity index (χ1n) is 6.39. The van der Waals surface area contributed by atoms with Gasteiger partial charge in [0.15, 0.2) is 0 Å². The number of carbonyl (C=O) groups excluding carboxylic acids is 1. The molecule has 0 heterocycles. The molecule has 21 heavy (non-hydrogen) atoms. The van der Waals surface area contributed by atoms with E-state index in [-0.39, 0.29) is 12.5 Å². The number of para-hydroxylation sites is 1. The molecule has 0 aliphatic rings. The Morgan fingerprint density at radius 3 is 2.71 bits per heavy atom. The molecule has 0 saturated carbocycles. The van der Waals surface area contributed by atoms with E-state index in [1.165, 1.54) is 0 Å². The lowest BCUT2D eigenvalue weighted by atomic mass is 10.2. The summed E-state index contributed by atoms with van der Waals surface area (Å²) in [7, 11) is 0. The fourth-order valence-electron chi connectivity index (χ4n) is 1.88. The number of amides is 1. The van der Waals surface area contributed by atoms with E-state index >= 15 is 0 Å². The van der Waals surface area contributed by atoms with E-state index in [2.05, 4.69) is 26.6 Å². The highest BCUT2D eigenvalue weighted by Gasteiger charge is 2.07. The van der Waals surface area contributed by atoms with Gasteiger partial charge in [-0.3, -0.25) is 4.79 Å². The van der Waals surface area contributed by atoms with E-state index in [0.29, 0.717) is 11.3 Å². The zero-order chi connectivity index (χ0) is 15.2. The number of halogens is 1. The van der Waals surface area contributed by atoms with E-state index in [9.17, 15) is 4.79 Å². The summed E-state index contributed by atoms with van der Waals surface area (Å²) in [6.45, 7) is 2.11. The first kappa shape index (κ1) is 15.1. The normalized spacial score (nSPS) is 9.76. The summed E-state index contributed by atoms with van der Waals surface area (Å²) in [5, 5.41) is 14.8. The van der Waals surface area contributed by atoms with Crippen LogP contribution in [-0.4, -0.2) is 12.5 Å². The molecule has 2 aromatic rings. The second kappa shape index (κ2) is 6.91. The third-order valence-electron chi connectivity index (χ3n) is 2.95. The topological polar surface area (TPSA) is 64.9 Å². The molecule has 2 rings (SSSR count). The summed E-state index contributed by atoms with van der Waals surface area (Å²) < 4.78 is 0.998. The van der Waals surface area contributed by atoms with Gasteiger partial charge in [-0.1, -0.05) is 28.1 Å². The summed E-state index contributed by atoms with van der Waals surface area (Å²) in [6.07, 6.45) is 0. The van der Waals surface area contributed by atoms with E-state index in [1.54, 1.807) is 24.3 Å². The highest BCUT2D eigenvalue weighted by Crippen LogP contribution is 2.20. The van der Waals surface area contributed by atoms with Crippen molar-refractivity contribution < 1.29 is 4.79 Å². The Morgan fingerprint density at radius 1 is 1.24 bits per heavy atom. The fourth-order valence-corrected chi connectivity index (χ4v) is 2.36. The maximum Gasteiger partial charge on any atom is 0.243 e. The quantitative estimate of drug-likeness (QED) is 0.889. The summed E-state index contributed by atoms with van der Waals surface area (Å²) >= 11 is 3.40. The number of nitrogens with one attached hydrogen (secondary N) is 2. The fraction of sp³-hybridized carbons (Fsp3) is 0.125. The van der Waals surface area contributed by atoms with Crippen molar-refractivity contribution in [3.05, 3.63) is 58.1 Å². The summed E-state index contributed by atoms with van der Waals surface area (Å²) in [5.74, 6) is -0.194. The highest BCUT2D eigenvalue weighted by atomic mass is 79.9. The summed E-state index contributed by atoms with van der Waals surface area (Å²) in [4.78, 5) is 11.9. The second-order valence-electron chi connectivity index (χ2n) is 4.52. The van der Waals surface area contributed by atoms with Crippen molar-refractivity contribution in [3.8, 4) is 6.07 Å². The van der Waals surface area contributed by atoms with Crippen LogP contribution < -0.4 is 10.6 Å². The average molecular weight is 344 g/mol. The maximum absolute atomic E-state index is 11.9. The molecule has 0 unspecified atom stereocenters. The van der Waals surface area contributed by atoms with Crippen LogP contribution in [0, 0.1) is 18.3 Å². The molecule has 5 heteroatoms. The van der Waals surface area contributed by atoms with E-state index < -0.39 is 0 Å². The van der Waals surface area contributed by atoms with Crippen molar-refractivity contribution >= 4 is 33.2 Å². The molecule has 0 aliphatic carbocycles. The van der Waals surface area contributed by atoms with Crippen molar-refractivity contribution in [3.63, 3.8) is 0 Å². The molecule has 0 spiro atoms. The van der Waals surface area contributed by atoms with Gasteiger partial charge in [0, 0.05) is 10.2 Å². The number of nitriles is 1.